The van der Waals surface area contributed by atoms with E-state index in [9.17, 15) is 22.0 Å². The summed E-state index contributed by atoms with van der Waals surface area (Å²) >= 11 is 0. The van der Waals surface area contributed by atoms with Gasteiger partial charge in [-0.15, -0.1) is 0 Å². The summed E-state index contributed by atoms with van der Waals surface area (Å²) in [6, 6.07) is 7.69. The molecule has 0 aliphatic heterocycles. The van der Waals surface area contributed by atoms with Gasteiger partial charge in [0.05, 0.1) is 4.90 Å². The van der Waals surface area contributed by atoms with Crippen LogP contribution >= 0.6 is 0 Å². The quantitative estimate of drug-likeness (QED) is 0.818. The Kier molecular flexibility index (Phi) is 3.67. The highest BCUT2D eigenvalue weighted by Gasteiger charge is 2.13. The van der Waals surface area contributed by atoms with E-state index in [-0.39, 0.29) is 16.0 Å². The smallest absolute Gasteiger partial charge is 0.193 e. The molecule has 0 radical (unpaired) electrons. The summed E-state index contributed by atoms with van der Waals surface area (Å²) in [6.07, 6.45) is 1.05. The first-order valence-electron chi connectivity index (χ1n) is 5.58. The van der Waals surface area contributed by atoms with E-state index in [2.05, 4.69) is 0 Å². The van der Waals surface area contributed by atoms with E-state index < -0.39 is 27.3 Å². The topological polar surface area (TPSA) is 51.2 Å². The van der Waals surface area contributed by atoms with Gasteiger partial charge in [0.2, 0.25) is 0 Å². The first-order valence-corrected chi connectivity index (χ1v) is 7.47. The van der Waals surface area contributed by atoms with Crippen LogP contribution in [-0.4, -0.2) is 20.5 Å². The summed E-state index contributed by atoms with van der Waals surface area (Å²) in [5.74, 6) is -2.27. The summed E-state index contributed by atoms with van der Waals surface area (Å²) in [4.78, 5) is 12.1. The fourth-order valence-corrected chi connectivity index (χ4v) is 2.34. The van der Waals surface area contributed by atoms with Gasteiger partial charge in [-0.3, -0.25) is 4.79 Å². The molecule has 0 N–H and O–H groups in total. The van der Waals surface area contributed by atoms with E-state index in [4.69, 9.17) is 0 Å². The summed E-state index contributed by atoms with van der Waals surface area (Å²) in [7, 11) is -3.35. The normalized spacial score (nSPS) is 11.3. The molecule has 0 unspecified atom stereocenters. The molecule has 0 atom stereocenters. The van der Waals surface area contributed by atoms with Gasteiger partial charge in [0.1, 0.15) is 11.6 Å². The lowest BCUT2D eigenvalue weighted by molar-refractivity contribution is 0.103. The Labute approximate surface area is 114 Å². The minimum atomic E-state index is -3.35. The van der Waals surface area contributed by atoms with E-state index >= 15 is 0 Å². The van der Waals surface area contributed by atoms with Crippen molar-refractivity contribution in [1.29, 1.82) is 0 Å². The molecule has 0 aromatic heterocycles. The van der Waals surface area contributed by atoms with Crippen molar-refractivity contribution in [2.24, 2.45) is 0 Å². The minimum Gasteiger partial charge on any atom is -0.289 e. The molecule has 0 saturated heterocycles. The van der Waals surface area contributed by atoms with E-state index in [0.29, 0.717) is 6.07 Å². The molecule has 0 spiro atoms. The Hall–Kier alpha value is -2.08. The SMILES string of the molecule is CS(=O)(=O)c1ccc(C(=O)c2cc(F)cc(F)c2)cc1. The summed E-state index contributed by atoms with van der Waals surface area (Å²) in [5, 5.41) is 0. The van der Waals surface area contributed by atoms with Crippen LogP contribution in [0.1, 0.15) is 15.9 Å². The minimum absolute atomic E-state index is 0.0690. The molecule has 2 aromatic carbocycles. The lowest BCUT2D eigenvalue weighted by Gasteiger charge is -2.03. The molecule has 0 heterocycles. The largest absolute Gasteiger partial charge is 0.289 e. The van der Waals surface area contributed by atoms with Crippen molar-refractivity contribution in [2.45, 2.75) is 4.90 Å². The second-order valence-electron chi connectivity index (χ2n) is 4.28. The van der Waals surface area contributed by atoms with Crippen LogP contribution in [0.15, 0.2) is 47.4 Å². The molecule has 0 fully saturated rings. The van der Waals surface area contributed by atoms with Crippen LogP contribution in [0.25, 0.3) is 0 Å². The van der Waals surface area contributed by atoms with Crippen LogP contribution in [0.2, 0.25) is 0 Å². The fraction of sp³-hybridized carbons (Fsp3) is 0.0714. The van der Waals surface area contributed by atoms with Crippen molar-refractivity contribution in [2.75, 3.05) is 6.26 Å². The zero-order chi connectivity index (χ0) is 14.9. The van der Waals surface area contributed by atoms with Crippen LogP contribution < -0.4 is 0 Å². The maximum absolute atomic E-state index is 13.1. The van der Waals surface area contributed by atoms with Gasteiger partial charge in [0.25, 0.3) is 0 Å². The predicted molar refractivity (Wildman–Crippen MR) is 69.3 cm³/mol. The number of carbonyl (C=O) groups is 1. The zero-order valence-corrected chi connectivity index (χ0v) is 11.2. The summed E-state index contributed by atoms with van der Waals surface area (Å²) < 4.78 is 48.7. The Balaban J connectivity index is 2.39. The van der Waals surface area contributed by atoms with Crippen molar-refractivity contribution in [1.82, 2.24) is 0 Å². The molecule has 104 valence electrons. The van der Waals surface area contributed by atoms with E-state index in [1.807, 2.05) is 0 Å². The second-order valence-corrected chi connectivity index (χ2v) is 6.30. The average Bonchev–Trinajstić information content (AvgIpc) is 2.36. The van der Waals surface area contributed by atoms with E-state index in [1.165, 1.54) is 24.3 Å². The molecule has 0 bridgehead atoms. The van der Waals surface area contributed by atoms with Gasteiger partial charge in [-0.05, 0) is 36.4 Å². The number of carbonyl (C=O) groups excluding carboxylic acids is 1. The van der Waals surface area contributed by atoms with Gasteiger partial charge >= 0.3 is 0 Å². The third-order valence-electron chi connectivity index (χ3n) is 2.67. The summed E-state index contributed by atoms with van der Waals surface area (Å²) in [5.41, 5.74) is 0.0250. The number of ketones is 1. The van der Waals surface area contributed by atoms with Gasteiger partial charge < -0.3 is 0 Å². The van der Waals surface area contributed by atoms with Crippen LogP contribution in [0.5, 0.6) is 0 Å². The van der Waals surface area contributed by atoms with Gasteiger partial charge in [0.15, 0.2) is 15.6 Å². The third kappa shape index (κ3) is 3.08. The first-order chi connectivity index (χ1) is 9.27. The number of halogens is 2. The maximum Gasteiger partial charge on any atom is 0.193 e. The highest BCUT2D eigenvalue weighted by atomic mass is 32.2. The lowest BCUT2D eigenvalue weighted by Crippen LogP contribution is -2.04. The van der Waals surface area contributed by atoms with E-state index in [0.717, 1.165) is 18.4 Å². The first kappa shape index (κ1) is 14.3. The highest BCUT2D eigenvalue weighted by Crippen LogP contribution is 2.16. The molecular weight excluding hydrogens is 286 g/mol. The van der Waals surface area contributed by atoms with Crippen molar-refractivity contribution < 1.29 is 22.0 Å². The van der Waals surface area contributed by atoms with Crippen molar-refractivity contribution >= 4 is 15.6 Å². The Morgan fingerprint density at radius 3 is 1.85 bits per heavy atom. The van der Waals surface area contributed by atoms with Crippen molar-refractivity contribution in [3.05, 3.63) is 65.2 Å². The van der Waals surface area contributed by atoms with Crippen molar-refractivity contribution in [3.63, 3.8) is 0 Å². The molecule has 6 heteroatoms. The number of benzene rings is 2. The number of hydrogen-bond donors (Lipinski definition) is 0. The van der Waals surface area contributed by atoms with Crippen LogP contribution in [0, 0.1) is 11.6 Å². The maximum atomic E-state index is 13.1. The van der Waals surface area contributed by atoms with Crippen LogP contribution in [-0.2, 0) is 9.84 Å². The fourth-order valence-electron chi connectivity index (χ4n) is 1.71. The number of rotatable bonds is 3. The molecule has 0 aliphatic carbocycles. The number of sulfone groups is 1. The third-order valence-corrected chi connectivity index (χ3v) is 3.80. The molecular formula is C14H10F2O3S. The molecule has 3 nitrogen and oxygen atoms in total. The molecule has 0 amide bonds. The van der Waals surface area contributed by atoms with Gasteiger partial charge in [-0.25, -0.2) is 17.2 Å². The van der Waals surface area contributed by atoms with Gasteiger partial charge in [0, 0.05) is 23.4 Å². The monoisotopic (exact) mass is 296 g/mol. The van der Waals surface area contributed by atoms with Crippen LogP contribution in [0.3, 0.4) is 0 Å². The van der Waals surface area contributed by atoms with E-state index in [1.54, 1.807) is 0 Å². The highest BCUT2D eigenvalue weighted by molar-refractivity contribution is 7.90. The molecule has 0 saturated carbocycles. The van der Waals surface area contributed by atoms with Crippen molar-refractivity contribution in [3.8, 4) is 0 Å². The molecule has 2 aromatic rings. The standard InChI is InChI=1S/C14H10F2O3S/c1-20(18,19)13-4-2-9(3-5-13)14(17)10-6-11(15)8-12(16)7-10/h2-8H,1H3. The zero-order valence-electron chi connectivity index (χ0n) is 10.4. The second kappa shape index (κ2) is 5.13. The predicted octanol–water partition coefficient (Wildman–Crippen LogP) is 2.60. The molecule has 2 rings (SSSR count). The Bertz CT molecular complexity index is 745. The van der Waals surface area contributed by atoms with Crippen LogP contribution in [0.4, 0.5) is 8.78 Å². The van der Waals surface area contributed by atoms with Gasteiger partial charge in [-0.2, -0.15) is 0 Å². The molecule has 20 heavy (non-hydrogen) atoms. The van der Waals surface area contributed by atoms with Gasteiger partial charge in [-0.1, -0.05) is 0 Å². The summed E-state index contributed by atoms with van der Waals surface area (Å²) in [6.45, 7) is 0. The average molecular weight is 296 g/mol. The lowest BCUT2D eigenvalue weighted by atomic mass is 10.0. The Morgan fingerprint density at radius 1 is 0.900 bits per heavy atom. The number of hydrogen-bond acceptors (Lipinski definition) is 3. The molecule has 0 aliphatic rings. The Morgan fingerprint density at radius 2 is 1.40 bits per heavy atom.